The largest absolute Gasteiger partial charge is 0.368 e. The summed E-state index contributed by atoms with van der Waals surface area (Å²) in [7, 11) is 0. The minimum absolute atomic E-state index is 0.174. The molecule has 92 valence electrons. The number of hydrogen-bond donors (Lipinski definition) is 1. The van der Waals surface area contributed by atoms with E-state index < -0.39 is 0 Å². The van der Waals surface area contributed by atoms with E-state index in [1.54, 1.807) is 0 Å². The molecule has 0 aromatic heterocycles. The van der Waals surface area contributed by atoms with Gasteiger partial charge in [0.1, 0.15) is 6.10 Å². The van der Waals surface area contributed by atoms with Crippen molar-refractivity contribution < 1.29 is 9.53 Å². The molecule has 0 spiro atoms. The molecular weight excluding hydrogens is 204 g/mol. The minimum atomic E-state index is -0.174. The predicted molar refractivity (Wildman–Crippen MR) is 62.0 cm³/mol. The lowest BCUT2D eigenvalue weighted by Crippen LogP contribution is -2.44. The normalized spacial score (nSPS) is 25.4. The number of carbonyl (C=O) groups is 1. The van der Waals surface area contributed by atoms with Crippen LogP contribution >= 0.6 is 0 Å². The average molecular weight is 226 g/mol. The van der Waals surface area contributed by atoms with Gasteiger partial charge < -0.3 is 15.4 Å². The summed E-state index contributed by atoms with van der Waals surface area (Å²) in [6, 6.07) is 0.476. The number of ether oxygens (including phenoxy) is 1. The maximum absolute atomic E-state index is 12.2. The third-order valence-electron chi connectivity index (χ3n) is 3.33. The summed E-state index contributed by atoms with van der Waals surface area (Å²) in [6.07, 6.45) is 6.14. The average Bonchev–Trinajstić information content (AvgIpc) is 3.15. The molecule has 4 heteroatoms. The molecule has 16 heavy (non-hydrogen) atoms. The number of nitrogens with zero attached hydrogens (tertiary/aromatic N) is 1. The van der Waals surface area contributed by atoms with Crippen molar-refractivity contribution in [2.75, 3.05) is 19.7 Å². The number of nitrogens with two attached hydrogens (primary N) is 1. The predicted octanol–water partition coefficient (Wildman–Crippen LogP) is 0.895. The van der Waals surface area contributed by atoms with Gasteiger partial charge in [-0.05, 0) is 45.1 Å². The fraction of sp³-hybridized carbons (Fsp3) is 0.917. The van der Waals surface area contributed by atoms with Crippen molar-refractivity contribution in [3.63, 3.8) is 0 Å². The van der Waals surface area contributed by atoms with Gasteiger partial charge >= 0.3 is 0 Å². The van der Waals surface area contributed by atoms with Gasteiger partial charge in [-0.25, -0.2) is 0 Å². The van der Waals surface area contributed by atoms with Gasteiger partial charge in [0.25, 0.3) is 5.91 Å². The SMILES string of the molecule is NCCCN(C(=O)C1CCCCO1)C1CC1. The van der Waals surface area contributed by atoms with Crippen LogP contribution in [0.4, 0.5) is 0 Å². The van der Waals surface area contributed by atoms with E-state index in [-0.39, 0.29) is 12.0 Å². The van der Waals surface area contributed by atoms with E-state index >= 15 is 0 Å². The molecule has 1 saturated heterocycles. The Morgan fingerprint density at radius 1 is 1.31 bits per heavy atom. The van der Waals surface area contributed by atoms with Crippen LogP contribution in [0.25, 0.3) is 0 Å². The smallest absolute Gasteiger partial charge is 0.251 e. The highest BCUT2D eigenvalue weighted by Crippen LogP contribution is 2.29. The zero-order valence-corrected chi connectivity index (χ0v) is 9.86. The Kier molecular flexibility index (Phi) is 4.18. The van der Waals surface area contributed by atoms with Crippen LogP contribution in [-0.4, -0.2) is 42.6 Å². The molecule has 1 aliphatic heterocycles. The van der Waals surface area contributed by atoms with Crippen molar-refractivity contribution in [3.05, 3.63) is 0 Å². The Labute approximate surface area is 97.1 Å². The standard InChI is InChI=1S/C12H22N2O2/c13-7-3-8-14(10-5-6-10)12(15)11-4-1-2-9-16-11/h10-11H,1-9,13H2. The van der Waals surface area contributed by atoms with Crippen LogP contribution in [-0.2, 0) is 9.53 Å². The summed E-state index contributed by atoms with van der Waals surface area (Å²) in [5.41, 5.74) is 5.51. The molecule has 1 atom stereocenters. The summed E-state index contributed by atoms with van der Waals surface area (Å²) < 4.78 is 5.56. The maximum Gasteiger partial charge on any atom is 0.251 e. The molecule has 2 N–H and O–H groups in total. The molecule has 2 aliphatic rings. The van der Waals surface area contributed by atoms with E-state index in [9.17, 15) is 4.79 Å². The fourth-order valence-corrected chi connectivity index (χ4v) is 2.24. The van der Waals surface area contributed by atoms with E-state index in [0.717, 1.165) is 51.7 Å². The maximum atomic E-state index is 12.2. The molecule has 1 heterocycles. The van der Waals surface area contributed by atoms with Gasteiger partial charge in [-0.15, -0.1) is 0 Å². The molecule has 4 nitrogen and oxygen atoms in total. The highest BCUT2D eigenvalue weighted by molar-refractivity contribution is 5.81. The first-order chi connectivity index (χ1) is 7.83. The van der Waals surface area contributed by atoms with Gasteiger partial charge in [0, 0.05) is 19.2 Å². The number of carbonyl (C=O) groups excluding carboxylic acids is 1. The second-order valence-electron chi connectivity index (χ2n) is 4.76. The van der Waals surface area contributed by atoms with Crippen LogP contribution in [0.1, 0.15) is 38.5 Å². The first-order valence-electron chi connectivity index (χ1n) is 6.45. The first kappa shape index (κ1) is 11.9. The lowest BCUT2D eigenvalue weighted by molar-refractivity contribution is -0.147. The quantitative estimate of drug-likeness (QED) is 0.757. The number of rotatable bonds is 5. The molecule has 1 saturated carbocycles. The van der Waals surface area contributed by atoms with Gasteiger partial charge in [0.15, 0.2) is 0 Å². The second kappa shape index (κ2) is 5.64. The van der Waals surface area contributed by atoms with Gasteiger partial charge in [0.2, 0.25) is 0 Å². The van der Waals surface area contributed by atoms with E-state index in [1.165, 1.54) is 0 Å². The van der Waals surface area contributed by atoms with Crippen molar-refractivity contribution in [1.29, 1.82) is 0 Å². The van der Waals surface area contributed by atoms with Gasteiger partial charge in [-0.3, -0.25) is 4.79 Å². The van der Waals surface area contributed by atoms with Gasteiger partial charge in [-0.1, -0.05) is 0 Å². The summed E-state index contributed by atoms with van der Waals surface area (Å²) in [5, 5.41) is 0. The molecule has 2 rings (SSSR count). The molecule has 2 fully saturated rings. The van der Waals surface area contributed by atoms with Crippen LogP contribution in [0, 0.1) is 0 Å². The van der Waals surface area contributed by atoms with Crippen molar-refractivity contribution in [2.24, 2.45) is 5.73 Å². The zero-order valence-electron chi connectivity index (χ0n) is 9.86. The monoisotopic (exact) mass is 226 g/mol. The van der Waals surface area contributed by atoms with Crippen LogP contribution in [0.2, 0.25) is 0 Å². The highest BCUT2D eigenvalue weighted by atomic mass is 16.5. The lowest BCUT2D eigenvalue weighted by Gasteiger charge is -2.29. The summed E-state index contributed by atoms with van der Waals surface area (Å²) >= 11 is 0. The Bertz CT molecular complexity index is 235. The van der Waals surface area contributed by atoms with Crippen LogP contribution in [0.3, 0.4) is 0 Å². The van der Waals surface area contributed by atoms with E-state index in [4.69, 9.17) is 10.5 Å². The topological polar surface area (TPSA) is 55.6 Å². The summed E-state index contributed by atoms with van der Waals surface area (Å²) in [6.45, 7) is 2.20. The number of hydrogen-bond acceptors (Lipinski definition) is 3. The Morgan fingerprint density at radius 2 is 2.12 bits per heavy atom. The van der Waals surface area contributed by atoms with Gasteiger partial charge in [0.05, 0.1) is 0 Å². The third-order valence-corrected chi connectivity index (χ3v) is 3.33. The molecule has 1 unspecified atom stereocenters. The van der Waals surface area contributed by atoms with E-state index in [2.05, 4.69) is 0 Å². The van der Waals surface area contributed by atoms with Crippen molar-refractivity contribution in [1.82, 2.24) is 4.90 Å². The summed E-state index contributed by atoms with van der Waals surface area (Å²) in [4.78, 5) is 14.2. The Hall–Kier alpha value is -0.610. The van der Waals surface area contributed by atoms with Crippen molar-refractivity contribution >= 4 is 5.91 Å². The molecular formula is C12H22N2O2. The molecule has 0 radical (unpaired) electrons. The van der Waals surface area contributed by atoms with Crippen molar-refractivity contribution in [2.45, 2.75) is 50.7 Å². The third kappa shape index (κ3) is 2.95. The second-order valence-corrected chi connectivity index (χ2v) is 4.76. The van der Waals surface area contributed by atoms with E-state index in [1.807, 2.05) is 4.90 Å². The highest BCUT2D eigenvalue weighted by Gasteiger charge is 2.36. The minimum Gasteiger partial charge on any atom is -0.368 e. The molecule has 1 amide bonds. The number of amides is 1. The van der Waals surface area contributed by atoms with Crippen LogP contribution < -0.4 is 5.73 Å². The van der Waals surface area contributed by atoms with Gasteiger partial charge in [-0.2, -0.15) is 0 Å². The van der Waals surface area contributed by atoms with Crippen molar-refractivity contribution in [3.8, 4) is 0 Å². The molecule has 1 aliphatic carbocycles. The molecule has 0 aromatic carbocycles. The zero-order chi connectivity index (χ0) is 11.4. The first-order valence-corrected chi connectivity index (χ1v) is 6.45. The fourth-order valence-electron chi connectivity index (χ4n) is 2.24. The lowest BCUT2D eigenvalue weighted by atomic mass is 10.1. The van der Waals surface area contributed by atoms with E-state index in [0.29, 0.717) is 12.6 Å². The van der Waals surface area contributed by atoms with Crippen LogP contribution in [0.5, 0.6) is 0 Å². The van der Waals surface area contributed by atoms with Crippen LogP contribution in [0.15, 0.2) is 0 Å². The molecule has 0 bridgehead atoms. The molecule has 0 aromatic rings. The Morgan fingerprint density at radius 3 is 2.69 bits per heavy atom. The Balaban J connectivity index is 1.87. The summed E-state index contributed by atoms with van der Waals surface area (Å²) in [5.74, 6) is 0.204.